The monoisotopic (exact) mass is 224 g/mol. The molecule has 0 aromatic rings. The predicted octanol–water partition coefficient (Wildman–Crippen LogP) is 2.78. The van der Waals surface area contributed by atoms with E-state index in [9.17, 15) is 0 Å². The average molecular weight is 224 g/mol. The van der Waals surface area contributed by atoms with E-state index in [1.54, 1.807) is 0 Å². The zero-order chi connectivity index (χ0) is 11.2. The summed E-state index contributed by atoms with van der Waals surface area (Å²) < 4.78 is 0. The molecule has 1 N–H and O–H groups in total. The molecule has 0 aromatic heterocycles. The fourth-order valence-corrected chi connectivity index (χ4v) is 3.23. The van der Waals surface area contributed by atoms with Gasteiger partial charge < -0.3 is 10.2 Å². The lowest BCUT2D eigenvalue weighted by Gasteiger charge is -2.33. The highest BCUT2D eigenvalue weighted by Crippen LogP contribution is 2.22. The fourth-order valence-electron chi connectivity index (χ4n) is 3.23. The summed E-state index contributed by atoms with van der Waals surface area (Å²) in [6, 6.07) is 1.69. The van der Waals surface area contributed by atoms with Crippen molar-refractivity contribution in [3.8, 4) is 0 Å². The number of hydrogen-bond donors (Lipinski definition) is 1. The molecule has 1 saturated heterocycles. The molecule has 1 heterocycles. The van der Waals surface area contributed by atoms with Gasteiger partial charge in [-0.2, -0.15) is 0 Å². The molecular weight excluding hydrogens is 196 g/mol. The molecule has 16 heavy (non-hydrogen) atoms. The van der Waals surface area contributed by atoms with Crippen molar-refractivity contribution in [3.05, 3.63) is 0 Å². The van der Waals surface area contributed by atoms with Crippen molar-refractivity contribution in [2.75, 3.05) is 20.1 Å². The van der Waals surface area contributed by atoms with Crippen LogP contribution in [0.4, 0.5) is 0 Å². The van der Waals surface area contributed by atoms with Gasteiger partial charge in [0, 0.05) is 12.1 Å². The maximum absolute atomic E-state index is 3.65. The number of nitrogens with zero attached hydrogens (tertiary/aromatic N) is 1. The van der Waals surface area contributed by atoms with Crippen LogP contribution in [0.25, 0.3) is 0 Å². The molecule has 0 amide bonds. The minimum Gasteiger partial charge on any atom is -0.314 e. The number of hydrogen-bond acceptors (Lipinski definition) is 2. The van der Waals surface area contributed by atoms with Gasteiger partial charge in [-0.05, 0) is 52.2 Å². The second-order valence-electron chi connectivity index (χ2n) is 5.71. The Morgan fingerprint density at radius 2 is 1.75 bits per heavy atom. The van der Waals surface area contributed by atoms with Gasteiger partial charge in [-0.25, -0.2) is 0 Å². The van der Waals surface area contributed by atoms with E-state index >= 15 is 0 Å². The van der Waals surface area contributed by atoms with Gasteiger partial charge in [0.1, 0.15) is 0 Å². The molecule has 0 aromatic carbocycles. The fraction of sp³-hybridized carbons (Fsp3) is 1.00. The van der Waals surface area contributed by atoms with Crippen molar-refractivity contribution in [1.29, 1.82) is 0 Å². The summed E-state index contributed by atoms with van der Waals surface area (Å²) >= 11 is 0. The summed E-state index contributed by atoms with van der Waals surface area (Å²) in [5.74, 6) is 0. The summed E-state index contributed by atoms with van der Waals surface area (Å²) in [6.45, 7) is 2.54. The number of piperidine rings is 1. The molecule has 1 atom stereocenters. The first-order chi connectivity index (χ1) is 7.86. The van der Waals surface area contributed by atoms with Gasteiger partial charge >= 0.3 is 0 Å². The Morgan fingerprint density at radius 3 is 2.44 bits per heavy atom. The van der Waals surface area contributed by atoms with E-state index in [1.165, 1.54) is 70.9 Å². The zero-order valence-electron chi connectivity index (χ0n) is 10.9. The lowest BCUT2D eigenvalue weighted by Crippen LogP contribution is -2.40. The van der Waals surface area contributed by atoms with Crippen LogP contribution < -0.4 is 5.32 Å². The van der Waals surface area contributed by atoms with Crippen LogP contribution in [0.15, 0.2) is 0 Å². The van der Waals surface area contributed by atoms with Gasteiger partial charge in [0.25, 0.3) is 0 Å². The van der Waals surface area contributed by atoms with Gasteiger partial charge in [-0.1, -0.05) is 25.7 Å². The van der Waals surface area contributed by atoms with E-state index in [0.717, 1.165) is 12.1 Å². The topological polar surface area (TPSA) is 15.3 Å². The van der Waals surface area contributed by atoms with E-state index in [2.05, 4.69) is 17.3 Å². The smallest absolute Gasteiger partial charge is 0.00922 e. The highest BCUT2D eigenvalue weighted by atomic mass is 15.1. The largest absolute Gasteiger partial charge is 0.314 e. The molecule has 2 heteroatoms. The van der Waals surface area contributed by atoms with Crippen LogP contribution in [-0.4, -0.2) is 37.1 Å². The van der Waals surface area contributed by atoms with Crippen molar-refractivity contribution in [2.24, 2.45) is 0 Å². The molecule has 2 fully saturated rings. The molecule has 1 aliphatic heterocycles. The van der Waals surface area contributed by atoms with Crippen LogP contribution in [0.3, 0.4) is 0 Å². The molecule has 0 radical (unpaired) electrons. The second-order valence-corrected chi connectivity index (χ2v) is 5.71. The Bertz CT molecular complexity index is 181. The molecule has 2 aliphatic rings. The molecule has 2 nitrogen and oxygen atoms in total. The zero-order valence-corrected chi connectivity index (χ0v) is 10.9. The Kier molecular flexibility index (Phi) is 5.11. The third-order valence-electron chi connectivity index (χ3n) is 4.44. The quantitative estimate of drug-likeness (QED) is 0.790. The highest BCUT2D eigenvalue weighted by Gasteiger charge is 2.19. The molecule has 94 valence electrons. The molecule has 0 spiro atoms. The van der Waals surface area contributed by atoms with Crippen LogP contribution in [0.2, 0.25) is 0 Å². The summed E-state index contributed by atoms with van der Waals surface area (Å²) in [6.07, 6.45) is 12.8. The van der Waals surface area contributed by atoms with Gasteiger partial charge in [0.2, 0.25) is 0 Å². The van der Waals surface area contributed by atoms with Crippen LogP contribution in [-0.2, 0) is 0 Å². The van der Waals surface area contributed by atoms with Gasteiger partial charge in [0.15, 0.2) is 0 Å². The van der Waals surface area contributed by atoms with Gasteiger partial charge in [-0.3, -0.25) is 0 Å². The van der Waals surface area contributed by atoms with Gasteiger partial charge in [-0.15, -0.1) is 0 Å². The van der Waals surface area contributed by atoms with Crippen LogP contribution in [0.5, 0.6) is 0 Å². The lowest BCUT2D eigenvalue weighted by molar-refractivity contribution is 0.180. The number of nitrogens with one attached hydrogen (secondary N) is 1. The second kappa shape index (κ2) is 6.61. The molecule has 1 aliphatic carbocycles. The minimum absolute atomic E-state index is 0.805. The van der Waals surface area contributed by atoms with Gasteiger partial charge in [0.05, 0.1) is 0 Å². The summed E-state index contributed by atoms with van der Waals surface area (Å²) in [7, 11) is 2.33. The maximum Gasteiger partial charge on any atom is 0.00922 e. The molecule has 0 bridgehead atoms. The SMILES string of the molecule is CN(CC[C@H]1CCCCN1)C1CCCCC1. The maximum atomic E-state index is 3.65. The van der Waals surface area contributed by atoms with Crippen molar-refractivity contribution in [1.82, 2.24) is 10.2 Å². The highest BCUT2D eigenvalue weighted by molar-refractivity contribution is 4.77. The van der Waals surface area contributed by atoms with E-state index < -0.39 is 0 Å². The first-order valence-corrected chi connectivity index (χ1v) is 7.30. The molecule has 0 unspecified atom stereocenters. The van der Waals surface area contributed by atoms with Crippen molar-refractivity contribution >= 4 is 0 Å². The van der Waals surface area contributed by atoms with Crippen molar-refractivity contribution in [3.63, 3.8) is 0 Å². The lowest BCUT2D eigenvalue weighted by atomic mass is 9.94. The first-order valence-electron chi connectivity index (χ1n) is 7.30. The standard InChI is InChI=1S/C14H28N2/c1-16(14-8-3-2-4-9-14)12-10-13-7-5-6-11-15-13/h13-15H,2-12H2,1H3/t13-/m1/s1. The predicted molar refractivity (Wildman–Crippen MR) is 69.8 cm³/mol. The summed E-state index contributed by atoms with van der Waals surface area (Å²) in [4.78, 5) is 2.62. The Balaban J connectivity index is 1.63. The van der Waals surface area contributed by atoms with E-state index in [4.69, 9.17) is 0 Å². The molecular formula is C14H28N2. The minimum atomic E-state index is 0.805. The third-order valence-corrected chi connectivity index (χ3v) is 4.44. The first kappa shape index (κ1) is 12.4. The van der Waals surface area contributed by atoms with Crippen LogP contribution in [0.1, 0.15) is 57.8 Å². The van der Waals surface area contributed by atoms with Crippen LogP contribution >= 0.6 is 0 Å². The van der Waals surface area contributed by atoms with E-state index in [1.807, 2.05) is 0 Å². The van der Waals surface area contributed by atoms with Crippen molar-refractivity contribution in [2.45, 2.75) is 69.9 Å². The molecule has 2 rings (SSSR count). The number of rotatable bonds is 4. The summed E-state index contributed by atoms with van der Waals surface area (Å²) in [5, 5.41) is 3.65. The molecule has 1 saturated carbocycles. The van der Waals surface area contributed by atoms with Crippen molar-refractivity contribution < 1.29 is 0 Å². The van der Waals surface area contributed by atoms with E-state index in [-0.39, 0.29) is 0 Å². The Morgan fingerprint density at radius 1 is 1.00 bits per heavy atom. The summed E-state index contributed by atoms with van der Waals surface area (Å²) in [5.41, 5.74) is 0. The third kappa shape index (κ3) is 3.74. The van der Waals surface area contributed by atoms with Crippen LogP contribution in [0, 0.1) is 0 Å². The Hall–Kier alpha value is -0.0800. The normalized spacial score (nSPS) is 28.5. The average Bonchev–Trinajstić information content (AvgIpc) is 2.38. The Labute approximate surface area is 101 Å². The van der Waals surface area contributed by atoms with E-state index in [0.29, 0.717) is 0 Å².